The molecule has 6 heteroatoms. The number of benzene rings is 2. The standard InChI is InChI=1S/C23H22N4OS/c1-14-9-10-18(15(2)11-14)21-12-20(22(28)17-7-5-4-6-8-17)25-23-19(13-24)16(3)27(29)26(21)23/h4-12,16,19,23,29H,1-3H3. The summed E-state index contributed by atoms with van der Waals surface area (Å²) >= 11 is 4.65. The van der Waals surface area contributed by atoms with Gasteiger partial charge in [0.2, 0.25) is 5.78 Å². The molecule has 2 heterocycles. The van der Waals surface area contributed by atoms with E-state index in [2.05, 4.69) is 37.9 Å². The summed E-state index contributed by atoms with van der Waals surface area (Å²) in [5.41, 5.74) is 5.04. The Morgan fingerprint density at radius 1 is 1.17 bits per heavy atom. The molecule has 146 valence electrons. The van der Waals surface area contributed by atoms with Crippen molar-refractivity contribution in [2.24, 2.45) is 10.9 Å². The number of nitriles is 1. The number of hydrazine groups is 1. The highest BCUT2D eigenvalue weighted by atomic mass is 32.1. The van der Waals surface area contributed by atoms with Gasteiger partial charge < -0.3 is 0 Å². The van der Waals surface area contributed by atoms with Crippen LogP contribution in [-0.4, -0.2) is 33.1 Å². The first-order valence-electron chi connectivity index (χ1n) is 9.56. The van der Waals surface area contributed by atoms with Crippen LogP contribution in [0.2, 0.25) is 0 Å². The minimum absolute atomic E-state index is 0.141. The van der Waals surface area contributed by atoms with Crippen molar-refractivity contribution in [1.29, 1.82) is 5.26 Å². The summed E-state index contributed by atoms with van der Waals surface area (Å²) in [7, 11) is 0. The van der Waals surface area contributed by atoms with Crippen LogP contribution in [0.25, 0.3) is 5.70 Å². The Morgan fingerprint density at radius 2 is 1.90 bits per heavy atom. The summed E-state index contributed by atoms with van der Waals surface area (Å²) in [4.78, 5) is 17.9. The molecule has 1 saturated heterocycles. The number of aliphatic imine (C=N–C) groups is 1. The SMILES string of the molecule is Cc1ccc(C2=CC(C(=O)c3ccccc3)=NC3C(C#N)C(C)N(S)N23)c(C)c1. The van der Waals surface area contributed by atoms with Crippen LogP contribution in [0.4, 0.5) is 0 Å². The molecule has 0 aromatic heterocycles. The third kappa shape index (κ3) is 3.27. The van der Waals surface area contributed by atoms with Gasteiger partial charge in [-0.1, -0.05) is 66.9 Å². The second-order valence-electron chi connectivity index (χ2n) is 7.53. The van der Waals surface area contributed by atoms with Gasteiger partial charge in [-0.3, -0.25) is 14.8 Å². The Bertz CT molecular complexity index is 1070. The van der Waals surface area contributed by atoms with Crippen molar-refractivity contribution in [2.75, 3.05) is 0 Å². The maximum absolute atomic E-state index is 13.2. The number of hydrogen-bond acceptors (Lipinski definition) is 6. The largest absolute Gasteiger partial charge is 0.287 e. The number of thiol groups is 1. The maximum Gasteiger partial charge on any atom is 0.211 e. The lowest BCUT2D eigenvalue weighted by molar-refractivity contribution is 0.106. The average molecular weight is 403 g/mol. The van der Waals surface area contributed by atoms with Crippen molar-refractivity contribution in [2.45, 2.75) is 33.0 Å². The molecule has 5 nitrogen and oxygen atoms in total. The van der Waals surface area contributed by atoms with Crippen molar-refractivity contribution >= 4 is 30.0 Å². The highest BCUT2D eigenvalue weighted by molar-refractivity contribution is 7.77. The third-order valence-electron chi connectivity index (χ3n) is 5.54. The molecule has 1 fully saturated rings. The molecule has 29 heavy (non-hydrogen) atoms. The fraction of sp³-hybridized carbons (Fsp3) is 0.261. The first-order chi connectivity index (χ1) is 13.9. The molecule has 0 radical (unpaired) electrons. The number of nitrogens with zero attached hydrogens (tertiary/aromatic N) is 4. The average Bonchev–Trinajstić information content (AvgIpc) is 2.97. The molecule has 2 aliphatic heterocycles. The van der Waals surface area contributed by atoms with Crippen LogP contribution in [-0.2, 0) is 0 Å². The van der Waals surface area contributed by atoms with Crippen LogP contribution >= 0.6 is 12.8 Å². The van der Waals surface area contributed by atoms with Gasteiger partial charge in [0.25, 0.3) is 0 Å². The number of carbonyl (C=O) groups excluding carboxylic acids is 1. The number of fused-ring (bicyclic) bond motifs is 1. The van der Waals surface area contributed by atoms with Crippen LogP contribution in [0.3, 0.4) is 0 Å². The first kappa shape index (κ1) is 19.4. The van der Waals surface area contributed by atoms with Gasteiger partial charge in [0, 0.05) is 11.1 Å². The molecule has 2 aliphatic rings. The second-order valence-corrected chi connectivity index (χ2v) is 7.94. The summed E-state index contributed by atoms with van der Waals surface area (Å²) in [6, 6.07) is 17.5. The third-order valence-corrected chi connectivity index (χ3v) is 6.10. The topological polar surface area (TPSA) is 59.7 Å². The minimum Gasteiger partial charge on any atom is -0.287 e. The number of carbonyl (C=O) groups is 1. The van der Waals surface area contributed by atoms with E-state index in [1.807, 2.05) is 49.2 Å². The smallest absolute Gasteiger partial charge is 0.211 e. The quantitative estimate of drug-likeness (QED) is 0.617. The van der Waals surface area contributed by atoms with E-state index in [9.17, 15) is 10.1 Å². The van der Waals surface area contributed by atoms with Gasteiger partial charge in [-0.15, -0.1) is 0 Å². The molecule has 2 aromatic carbocycles. The summed E-state index contributed by atoms with van der Waals surface area (Å²) in [6.45, 7) is 6.05. The molecule has 0 aliphatic carbocycles. The van der Waals surface area contributed by atoms with Crippen molar-refractivity contribution < 1.29 is 4.79 Å². The highest BCUT2D eigenvalue weighted by Gasteiger charge is 2.48. The van der Waals surface area contributed by atoms with Gasteiger partial charge in [0.1, 0.15) is 11.6 Å². The Balaban J connectivity index is 1.87. The predicted octanol–water partition coefficient (Wildman–Crippen LogP) is 4.21. The number of hydrogen-bond donors (Lipinski definition) is 1. The van der Waals surface area contributed by atoms with E-state index in [0.29, 0.717) is 11.3 Å². The summed E-state index contributed by atoms with van der Waals surface area (Å²) in [6.07, 6.45) is 1.33. The van der Waals surface area contributed by atoms with Crippen molar-refractivity contribution in [3.05, 3.63) is 76.9 Å². The minimum atomic E-state index is -0.490. The molecular formula is C23H22N4OS. The van der Waals surface area contributed by atoms with E-state index in [4.69, 9.17) is 4.99 Å². The number of rotatable bonds is 3. The Morgan fingerprint density at radius 3 is 2.55 bits per heavy atom. The molecule has 3 atom stereocenters. The van der Waals surface area contributed by atoms with E-state index in [1.54, 1.807) is 16.5 Å². The van der Waals surface area contributed by atoms with E-state index in [1.165, 1.54) is 5.56 Å². The molecule has 0 bridgehead atoms. The van der Waals surface area contributed by atoms with Gasteiger partial charge in [-0.05, 0) is 32.4 Å². The lowest BCUT2D eigenvalue weighted by Gasteiger charge is -2.35. The number of ketones is 1. The molecule has 3 unspecified atom stereocenters. The van der Waals surface area contributed by atoms with Crippen molar-refractivity contribution in [1.82, 2.24) is 9.42 Å². The molecular weight excluding hydrogens is 380 g/mol. The first-order valence-corrected chi connectivity index (χ1v) is 9.96. The Labute approximate surface area is 176 Å². The molecule has 4 rings (SSSR count). The fourth-order valence-electron chi connectivity index (χ4n) is 3.96. The number of allylic oxidation sites excluding steroid dienone is 1. The van der Waals surface area contributed by atoms with Crippen molar-refractivity contribution in [3.8, 4) is 6.07 Å². The predicted molar refractivity (Wildman–Crippen MR) is 117 cm³/mol. The van der Waals surface area contributed by atoms with Gasteiger partial charge in [0.05, 0.1) is 17.8 Å². The molecule has 2 aromatic rings. The van der Waals surface area contributed by atoms with E-state index in [0.717, 1.165) is 16.8 Å². The number of aryl methyl sites for hydroxylation is 2. The number of Topliss-reactive ketones (excluding diaryl/α,β-unsaturated/α-hetero) is 1. The van der Waals surface area contributed by atoms with Gasteiger partial charge in [0.15, 0.2) is 6.17 Å². The normalized spacial score (nSPS) is 23.8. The van der Waals surface area contributed by atoms with Crippen LogP contribution in [0.5, 0.6) is 0 Å². The van der Waals surface area contributed by atoms with Crippen LogP contribution in [0.15, 0.2) is 59.6 Å². The van der Waals surface area contributed by atoms with Crippen LogP contribution in [0.1, 0.15) is 34.0 Å². The Hall–Kier alpha value is -2.88. The molecule has 0 N–H and O–H groups in total. The zero-order valence-electron chi connectivity index (χ0n) is 16.6. The van der Waals surface area contributed by atoms with Gasteiger partial charge in [-0.25, -0.2) is 0 Å². The highest BCUT2D eigenvalue weighted by Crippen LogP contribution is 2.41. The van der Waals surface area contributed by atoms with E-state index >= 15 is 0 Å². The second kappa shape index (κ2) is 7.51. The lowest BCUT2D eigenvalue weighted by Crippen LogP contribution is -2.39. The maximum atomic E-state index is 13.2. The van der Waals surface area contributed by atoms with E-state index in [-0.39, 0.29) is 11.8 Å². The zero-order valence-corrected chi connectivity index (χ0v) is 17.5. The van der Waals surface area contributed by atoms with Crippen molar-refractivity contribution in [3.63, 3.8) is 0 Å². The summed E-state index contributed by atoms with van der Waals surface area (Å²) < 4.78 is 1.76. The molecule has 0 amide bonds. The van der Waals surface area contributed by atoms with Crippen LogP contribution < -0.4 is 0 Å². The Kier molecular flexibility index (Phi) is 5.03. The molecule has 0 saturated carbocycles. The summed E-state index contributed by atoms with van der Waals surface area (Å²) in [5.74, 6) is -0.546. The van der Waals surface area contributed by atoms with E-state index < -0.39 is 12.1 Å². The summed E-state index contributed by atoms with van der Waals surface area (Å²) in [5, 5.41) is 11.7. The van der Waals surface area contributed by atoms with Gasteiger partial charge >= 0.3 is 0 Å². The van der Waals surface area contributed by atoms with Crippen LogP contribution in [0, 0.1) is 31.1 Å². The van der Waals surface area contributed by atoms with Gasteiger partial charge in [-0.2, -0.15) is 9.68 Å². The molecule has 0 spiro atoms. The lowest BCUT2D eigenvalue weighted by atomic mass is 9.96. The monoisotopic (exact) mass is 402 g/mol. The fourth-order valence-corrected chi connectivity index (χ4v) is 4.31. The zero-order chi connectivity index (χ0) is 20.7.